The number of halogens is 2. The van der Waals surface area contributed by atoms with E-state index < -0.39 is 22.9 Å². The number of pyridine rings is 1. The van der Waals surface area contributed by atoms with Crippen LogP contribution in [0.15, 0.2) is 71.5 Å². The smallest absolute Gasteiger partial charge is 0.340 e. The SMILES string of the molecule is O=C(OC(C(=O)Nc1ccc(Cl)c([N+](=O)[O-])c1)c1ccccc1)c1cncc(Br)c1. The van der Waals surface area contributed by atoms with Gasteiger partial charge in [0, 0.05) is 34.2 Å². The summed E-state index contributed by atoms with van der Waals surface area (Å²) in [4.78, 5) is 39.8. The van der Waals surface area contributed by atoms with E-state index in [2.05, 4.69) is 26.2 Å². The number of rotatable bonds is 6. The minimum atomic E-state index is -1.30. The average Bonchev–Trinajstić information content (AvgIpc) is 2.73. The van der Waals surface area contributed by atoms with Crippen molar-refractivity contribution in [3.63, 3.8) is 0 Å². The molecule has 0 radical (unpaired) electrons. The van der Waals surface area contributed by atoms with Crippen molar-refractivity contribution in [2.75, 3.05) is 5.32 Å². The maximum absolute atomic E-state index is 12.9. The van der Waals surface area contributed by atoms with Crippen LogP contribution < -0.4 is 5.32 Å². The van der Waals surface area contributed by atoms with Crippen molar-refractivity contribution in [3.05, 3.63) is 97.7 Å². The fourth-order valence-corrected chi connectivity index (χ4v) is 3.09. The number of ether oxygens (including phenoxy) is 1. The highest BCUT2D eigenvalue weighted by atomic mass is 79.9. The summed E-state index contributed by atoms with van der Waals surface area (Å²) in [6, 6.07) is 13.7. The van der Waals surface area contributed by atoms with Gasteiger partial charge in [-0.25, -0.2) is 4.79 Å². The Balaban J connectivity index is 1.87. The van der Waals surface area contributed by atoms with Crippen LogP contribution in [-0.4, -0.2) is 21.8 Å². The number of nitrogens with one attached hydrogen (secondary N) is 1. The molecule has 1 heterocycles. The first-order chi connectivity index (χ1) is 14.3. The number of hydrogen-bond donors (Lipinski definition) is 1. The molecule has 1 N–H and O–H groups in total. The molecule has 0 fully saturated rings. The number of carbonyl (C=O) groups excluding carboxylic acids is 2. The van der Waals surface area contributed by atoms with Gasteiger partial charge in [-0.1, -0.05) is 41.9 Å². The summed E-state index contributed by atoms with van der Waals surface area (Å²) in [5.74, 6) is -1.44. The molecule has 1 aromatic heterocycles. The third-order valence-electron chi connectivity index (χ3n) is 3.92. The van der Waals surface area contributed by atoms with E-state index >= 15 is 0 Å². The quantitative estimate of drug-likeness (QED) is 0.297. The van der Waals surface area contributed by atoms with Gasteiger partial charge in [-0.05, 0) is 34.1 Å². The van der Waals surface area contributed by atoms with Crippen LogP contribution in [0, 0.1) is 10.1 Å². The summed E-state index contributed by atoms with van der Waals surface area (Å²) in [5.41, 5.74) is 0.357. The molecule has 30 heavy (non-hydrogen) atoms. The number of aromatic nitrogens is 1. The molecule has 3 aromatic rings. The summed E-state index contributed by atoms with van der Waals surface area (Å²) in [7, 11) is 0. The zero-order chi connectivity index (χ0) is 21.7. The molecule has 10 heteroatoms. The van der Waals surface area contributed by atoms with Crippen molar-refractivity contribution < 1.29 is 19.2 Å². The lowest BCUT2D eigenvalue weighted by Gasteiger charge is -2.18. The van der Waals surface area contributed by atoms with Gasteiger partial charge >= 0.3 is 5.97 Å². The number of nitro groups is 1. The normalized spacial score (nSPS) is 11.4. The number of amides is 1. The number of esters is 1. The number of carbonyl (C=O) groups is 2. The Morgan fingerprint density at radius 1 is 1.13 bits per heavy atom. The van der Waals surface area contributed by atoms with Gasteiger partial charge in [0.25, 0.3) is 11.6 Å². The molecular formula is C20H13BrClN3O5. The zero-order valence-corrected chi connectivity index (χ0v) is 17.5. The van der Waals surface area contributed by atoms with Gasteiger partial charge in [-0.2, -0.15) is 0 Å². The molecule has 152 valence electrons. The van der Waals surface area contributed by atoms with E-state index in [4.69, 9.17) is 16.3 Å². The van der Waals surface area contributed by atoms with Gasteiger partial charge in [0.05, 0.1) is 10.5 Å². The second-order valence-corrected chi connectivity index (χ2v) is 7.32. The molecule has 2 aromatic carbocycles. The molecule has 1 unspecified atom stereocenters. The van der Waals surface area contributed by atoms with E-state index in [-0.39, 0.29) is 22.0 Å². The van der Waals surface area contributed by atoms with E-state index in [1.807, 2.05) is 0 Å². The van der Waals surface area contributed by atoms with Gasteiger partial charge in [-0.3, -0.25) is 19.9 Å². The second-order valence-electron chi connectivity index (χ2n) is 6.00. The van der Waals surface area contributed by atoms with Crippen LogP contribution >= 0.6 is 27.5 Å². The largest absolute Gasteiger partial charge is 0.444 e. The molecule has 0 bridgehead atoms. The fourth-order valence-electron chi connectivity index (χ4n) is 2.54. The summed E-state index contributed by atoms with van der Waals surface area (Å²) in [6.07, 6.45) is 1.52. The van der Waals surface area contributed by atoms with E-state index in [1.165, 1.54) is 30.6 Å². The third kappa shape index (κ3) is 5.19. The summed E-state index contributed by atoms with van der Waals surface area (Å²) in [6.45, 7) is 0. The molecule has 0 saturated carbocycles. The molecule has 0 spiro atoms. The van der Waals surface area contributed by atoms with Crippen LogP contribution in [0.25, 0.3) is 0 Å². The van der Waals surface area contributed by atoms with Crippen molar-refractivity contribution in [2.45, 2.75) is 6.10 Å². The lowest BCUT2D eigenvalue weighted by atomic mass is 10.1. The van der Waals surface area contributed by atoms with Crippen LogP contribution in [0.4, 0.5) is 11.4 Å². The van der Waals surface area contributed by atoms with Crippen LogP contribution in [0.3, 0.4) is 0 Å². The van der Waals surface area contributed by atoms with Crippen LogP contribution in [0.5, 0.6) is 0 Å². The first-order valence-electron chi connectivity index (χ1n) is 8.46. The lowest BCUT2D eigenvalue weighted by molar-refractivity contribution is -0.384. The minimum Gasteiger partial charge on any atom is -0.444 e. The monoisotopic (exact) mass is 489 g/mol. The van der Waals surface area contributed by atoms with Crippen LogP contribution in [0.2, 0.25) is 5.02 Å². The topological polar surface area (TPSA) is 111 Å². The Kier molecular flexibility index (Phi) is 6.76. The summed E-state index contributed by atoms with van der Waals surface area (Å²) >= 11 is 9.03. The third-order valence-corrected chi connectivity index (χ3v) is 4.67. The molecule has 0 aliphatic rings. The summed E-state index contributed by atoms with van der Waals surface area (Å²) < 4.78 is 6.02. The highest BCUT2D eigenvalue weighted by molar-refractivity contribution is 9.10. The van der Waals surface area contributed by atoms with Gasteiger partial charge in [0.2, 0.25) is 6.10 Å². The Bertz CT molecular complexity index is 1110. The number of benzene rings is 2. The highest BCUT2D eigenvalue weighted by Crippen LogP contribution is 2.29. The second kappa shape index (κ2) is 9.47. The van der Waals surface area contributed by atoms with Crippen molar-refractivity contribution >= 4 is 50.8 Å². The molecule has 8 nitrogen and oxygen atoms in total. The van der Waals surface area contributed by atoms with E-state index in [0.717, 1.165) is 6.07 Å². The number of nitrogens with zero attached hydrogens (tertiary/aromatic N) is 2. The molecule has 3 rings (SSSR count). The Labute approximate surface area is 184 Å². The molecule has 1 amide bonds. The predicted octanol–water partition coefficient (Wildman–Crippen LogP) is 4.94. The predicted molar refractivity (Wildman–Crippen MR) is 113 cm³/mol. The Morgan fingerprint density at radius 3 is 2.53 bits per heavy atom. The molecule has 0 aliphatic heterocycles. The number of nitro benzene ring substituents is 1. The molecular weight excluding hydrogens is 478 g/mol. The first-order valence-corrected chi connectivity index (χ1v) is 9.63. The highest BCUT2D eigenvalue weighted by Gasteiger charge is 2.26. The van der Waals surface area contributed by atoms with Gasteiger partial charge < -0.3 is 10.1 Å². The van der Waals surface area contributed by atoms with Crippen LogP contribution in [0.1, 0.15) is 22.0 Å². The van der Waals surface area contributed by atoms with E-state index in [0.29, 0.717) is 10.0 Å². The van der Waals surface area contributed by atoms with Crippen LogP contribution in [-0.2, 0) is 9.53 Å². The van der Waals surface area contributed by atoms with Gasteiger partial charge in [0.1, 0.15) is 5.02 Å². The molecule has 0 saturated heterocycles. The summed E-state index contributed by atoms with van der Waals surface area (Å²) in [5, 5.41) is 13.5. The van der Waals surface area contributed by atoms with Crippen molar-refractivity contribution in [1.82, 2.24) is 4.98 Å². The van der Waals surface area contributed by atoms with Gasteiger partial charge in [-0.15, -0.1) is 0 Å². The Morgan fingerprint density at radius 2 is 1.87 bits per heavy atom. The minimum absolute atomic E-state index is 0.0637. The number of anilines is 1. The Hall–Kier alpha value is -3.30. The maximum atomic E-state index is 12.9. The standard InChI is InChI=1S/C20H13BrClN3O5/c21-14-8-13(10-23-11-14)20(27)30-18(12-4-2-1-3-5-12)19(26)24-15-6-7-16(22)17(9-15)25(28)29/h1-11,18H,(H,24,26). The molecule has 0 aliphatic carbocycles. The van der Waals surface area contributed by atoms with Crippen molar-refractivity contribution in [1.29, 1.82) is 0 Å². The van der Waals surface area contributed by atoms with Crippen molar-refractivity contribution in [3.8, 4) is 0 Å². The van der Waals surface area contributed by atoms with E-state index in [9.17, 15) is 19.7 Å². The van der Waals surface area contributed by atoms with Crippen molar-refractivity contribution in [2.24, 2.45) is 0 Å². The lowest BCUT2D eigenvalue weighted by Crippen LogP contribution is -2.26. The van der Waals surface area contributed by atoms with E-state index in [1.54, 1.807) is 30.3 Å². The fraction of sp³-hybridized carbons (Fsp3) is 0.0500. The zero-order valence-electron chi connectivity index (χ0n) is 15.1. The number of hydrogen-bond acceptors (Lipinski definition) is 6. The first kappa shape index (κ1) is 21.4. The average molecular weight is 491 g/mol. The van der Waals surface area contributed by atoms with Gasteiger partial charge in [0.15, 0.2) is 0 Å². The maximum Gasteiger partial charge on any atom is 0.340 e. The molecule has 1 atom stereocenters.